The van der Waals surface area contributed by atoms with Crippen molar-refractivity contribution in [3.8, 4) is 11.3 Å². The van der Waals surface area contributed by atoms with E-state index in [0.29, 0.717) is 25.3 Å². The van der Waals surface area contributed by atoms with Gasteiger partial charge in [0.2, 0.25) is 5.91 Å². The van der Waals surface area contributed by atoms with Gasteiger partial charge in [-0.15, -0.1) is 0 Å². The maximum atomic E-state index is 12.8. The third kappa shape index (κ3) is 4.27. The number of hydrogen-bond donors (Lipinski definition) is 2. The molecule has 0 bridgehead atoms. The van der Waals surface area contributed by atoms with Crippen molar-refractivity contribution in [2.75, 3.05) is 19.6 Å². The van der Waals surface area contributed by atoms with Gasteiger partial charge in [0, 0.05) is 25.3 Å². The van der Waals surface area contributed by atoms with Gasteiger partial charge in [-0.2, -0.15) is 0 Å². The summed E-state index contributed by atoms with van der Waals surface area (Å²) in [5, 5.41) is 2.81. The first kappa shape index (κ1) is 18.9. The van der Waals surface area contributed by atoms with Gasteiger partial charge >= 0.3 is 0 Å². The number of nitrogens with one attached hydrogen (secondary N) is 2. The number of pyridine rings is 1. The average Bonchev–Trinajstić information content (AvgIpc) is 2.67. The summed E-state index contributed by atoms with van der Waals surface area (Å²) >= 11 is 0. The molecule has 2 N–H and O–H groups in total. The second kappa shape index (κ2) is 8.20. The molecule has 2 aromatic rings. The van der Waals surface area contributed by atoms with Crippen LogP contribution in [0.4, 0.5) is 0 Å². The quantitative estimate of drug-likeness (QED) is 0.870. The van der Waals surface area contributed by atoms with Crippen LogP contribution in [0.5, 0.6) is 0 Å². The van der Waals surface area contributed by atoms with Crippen LogP contribution in [0, 0.1) is 12.8 Å². The fourth-order valence-corrected chi connectivity index (χ4v) is 3.49. The molecule has 1 aliphatic rings. The fourth-order valence-electron chi connectivity index (χ4n) is 3.49. The lowest BCUT2D eigenvalue weighted by Crippen LogP contribution is -2.46. The third-order valence-electron chi connectivity index (χ3n) is 4.90. The maximum absolute atomic E-state index is 12.8. The summed E-state index contributed by atoms with van der Waals surface area (Å²) in [5.41, 5.74) is 2.39. The Kier molecular flexibility index (Phi) is 5.74. The van der Waals surface area contributed by atoms with Crippen LogP contribution in [0.1, 0.15) is 35.7 Å². The van der Waals surface area contributed by atoms with E-state index in [1.54, 1.807) is 17.0 Å². The molecule has 1 aliphatic heterocycles. The normalized spacial score (nSPS) is 16.8. The molecule has 1 aromatic heterocycles. The van der Waals surface area contributed by atoms with Gasteiger partial charge in [-0.25, -0.2) is 0 Å². The van der Waals surface area contributed by atoms with Crippen molar-refractivity contribution in [1.29, 1.82) is 0 Å². The fraction of sp³-hybridized carbons (Fsp3) is 0.381. The number of rotatable bonds is 4. The van der Waals surface area contributed by atoms with Gasteiger partial charge in [0.05, 0.1) is 5.92 Å². The average molecular weight is 367 g/mol. The highest BCUT2D eigenvalue weighted by molar-refractivity contribution is 5.94. The molecule has 6 nitrogen and oxygen atoms in total. The summed E-state index contributed by atoms with van der Waals surface area (Å²) in [5.74, 6) is -0.562. The molecule has 1 atom stereocenters. The number of aromatic amines is 1. The molecule has 0 radical (unpaired) electrons. The Balaban J connectivity index is 1.79. The Morgan fingerprint density at radius 3 is 2.78 bits per heavy atom. The Morgan fingerprint density at radius 1 is 1.26 bits per heavy atom. The van der Waals surface area contributed by atoms with Crippen LogP contribution in [0.3, 0.4) is 0 Å². The lowest BCUT2D eigenvalue weighted by atomic mass is 9.96. The van der Waals surface area contributed by atoms with Crippen molar-refractivity contribution < 1.29 is 9.59 Å². The minimum Gasteiger partial charge on any atom is -0.356 e. The number of amides is 2. The van der Waals surface area contributed by atoms with E-state index in [1.807, 2.05) is 38.1 Å². The second-order valence-corrected chi connectivity index (χ2v) is 6.97. The number of carbonyl (C=O) groups is 2. The summed E-state index contributed by atoms with van der Waals surface area (Å²) in [4.78, 5) is 41.8. The van der Waals surface area contributed by atoms with Crippen LogP contribution in [-0.2, 0) is 4.79 Å². The number of H-pyrrole nitrogens is 1. The Labute approximate surface area is 158 Å². The molecule has 1 aromatic carbocycles. The van der Waals surface area contributed by atoms with E-state index >= 15 is 0 Å². The summed E-state index contributed by atoms with van der Waals surface area (Å²) in [6, 6.07) is 11.1. The van der Waals surface area contributed by atoms with Crippen molar-refractivity contribution in [2.45, 2.75) is 26.7 Å². The molecular formula is C21H25N3O3. The van der Waals surface area contributed by atoms with E-state index in [1.165, 1.54) is 0 Å². The monoisotopic (exact) mass is 367 g/mol. The van der Waals surface area contributed by atoms with Crippen molar-refractivity contribution in [2.24, 2.45) is 5.92 Å². The first-order valence-electron chi connectivity index (χ1n) is 9.37. The van der Waals surface area contributed by atoms with Gasteiger partial charge < -0.3 is 15.2 Å². The highest BCUT2D eigenvalue weighted by atomic mass is 16.2. The Hall–Kier alpha value is -2.89. The van der Waals surface area contributed by atoms with Gasteiger partial charge in [0.25, 0.3) is 11.5 Å². The summed E-state index contributed by atoms with van der Waals surface area (Å²) in [6.45, 7) is 5.35. The molecule has 0 saturated carbocycles. The number of carbonyl (C=O) groups excluding carboxylic acids is 2. The highest BCUT2D eigenvalue weighted by Crippen LogP contribution is 2.20. The van der Waals surface area contributed by atoms with Crippen LogP contribution in [0.2, 0.25) is 0 Å². The van der Waals surface area contributed by atoms with E-state index in [-0.39, 0.29) is 23.3 Å². The zero-order valence-corrected chi connectivity index (χ0v) is 15.7. The van der Waals surface area contributed by atoms with E-state index < -0.39 is 5.56 Å². The first-order chi connectivity index (χ1) is 13.0. The number of likely N-dealkylation sites (tertiary alicyclic amines) is 1. The van der Waals surface area contributed by atoms with Crippen molar-refractivity contribution in [1.82, 2.24) is 15.2 Å². The molecule has 1 saturated heterocycles. The lowest BCUT2D eigenvalue weighted by Gasteiger charge is -2.31. The zero-order chi connectivity index (χ0) is 19.4. The highest BCUT2D eigenvalue weighted by Gasteiger charge is 2.29. The molecule has 2 heterocycles. The van der Waals surface area contributed by atoms with E-state index in [4.69, 9.17) is 0 Å². The van der Waals surface area contributed by atoms with Crippen LogP contribution in [0.25, 0.3) is 11.3 Å². The van der Waals surface area contributed by atoms with Gasteiger partial charge in [-0.3, -0.25) is 14.4 Å². The SMILES string of the molecule is CCNC(=O)C1CCCN(C(=O)c2ccc(-c3cccc(C)c3)[nH]c2=O)C1. The number of piperidine rings is 1. The van der Waals surface area contributed by atoms with Crippen LogP contribution in [-0.4, -0.2) is 41.3 Å². The van der Waals surface area contributed by atoms with Crippen molar-refractivity contribution in [3.05, 3.63) is 57.9 Å². The molecule has 2 amide bonds. The number of aromatic nitrogens is 1. The predicted octanol–water partition coefficient (Wildman–Crippen LogP) is 2.34. The standard InChI is InChI=1S/C21H25N3O3/c1-3-22-19(25)16-8-5-11-24(13-16)21(27)17-9-10-18(23-20(17)26)15-7-4-6-14(2)12-15/h4,6-7,9-10,12,16H,3,5,8,11,13H2,1-2H3,(H,22,25)(H,23,26). The maximum Gasteiger partial charge on any atom is 0.261 e. The van der Waals surface area contributed by atoms with Gasteiger partial charge in [0.1, 0.15) is 5.56 Å². The minimum absolute atomic E-state index is 0.0290. The van der Waals surface area contributed by atoms with Gasteiger partial charge in [-0.05, 0) is 50.5 Å². The number of hydrogen-bond acceptors (Lipinski definition) is 3. The van der Waals surface area contributed by atoms with E-state index in [9.17, 15) is 14.4 Å². The first-order valence-corrected chi connectivity index (χ1v) is 9.37. The van der Waals surface area contributed by atoms with Gasteiger partial charge in [-0.1, -0.05) is 23.8 Å². The Morgan fingerprint density at radius 2 is 2.07 bits per heavy atom. The molecule has 0 spiro atoms. The van der Waals surface area contributed by atoms with E-state index in [0.717, 1.165) is 24.0 Å². The third-order valence-corrected chi connectivity index (χ3v) is 4.90. The number of aryl methyl sites for hydroxylation is 1. The Bertz CT molecular complexity index is 904. The van der Waals surface area contributed by atoms with Crippen molar-refractivity contribution in [3.63, 3.8) is 0 Å². The number of nitrogens with zero attached hydrogens (tertiary/aromatic N) is 1. The molecular weight excluding hydrogens is 342 g/mol. The van der Waals surface area contributed by atoms with Gasteiger partial charge in [0.15, 0.2) is 0 Å². The predicted molar refractivity (Wildman–Crippen MR) is 105 cm³/mol. The van der Waals surface area contributed by atoms with Crippen LogP contribution < -0.4 is 10.9 Å². The minimum atomic E-state index is -0.404. The second-order valence-electron chi connectivity index (χ2n) is 6.97. The molecule has 1 unspecified atom stereocenters. The zero-order valence-electron chi connectivity index (χ0n) is 15.7. The summed E-state index contributed by atoms with van der Waals surface area (Å²) in [7, 11) is 0. The molecule has 3 rings (SSSR count). The molecule has 1 fully saturated rings. The molecule has 27 heavy (non-hydrogen) atoms. The summed E-state index contributed by atoms with van der Waals surface area (Å²) < 4.78 is 0. The smallest absolute Gasteiger partial charge is 0.261 e. The van der Waals surface area contributed by atoms with E-state index in [2.05, 4.69) is 10.3 Å². The number of benzene rings is 1. The van der Waals surface area contributed by atoms with Crippen LogP contribution >= 0.6 is 0 Å². The molecule has 6 heteroatoms. The molecule has 142 valence electrons. The largest absolute Gasteiger partial charge is 0.356 e. The summed E-state index contributed by atoms with van der Waals surface area (Å²) in [6.07, 6.45) is 1.52. The topological polar surface area (TPSA) is 82.3 Å². The van der Waals surface area contributed by atoms with Crippen LogP contribution in [0.15, 0.2) is 41.2 Å². The lowest BCUT2D eigenvalue weighted by molar-refractivity contribution is -0.126. The van der Waals surface area contributed by atoms with Crippen molar-refractivity contribution >= 4 is 11.8 Å². The molecule has 0 aliphatic carbocycles.